The first-order valence-electron chi connectivity index (χ1n) is 9.63. The Morgan fingerprint density at radius 3 is 2.77 bits per heavy atom. The normalized spacial score (nSPS) is 17.4. The Morgan fingerprint density at radius 2 is 1.97 bits per heavy atom. The van der Waals surface area contributed by atoms with Crippen LogP contribution in [-0.2, 0) is 16.0 Å². The van der Waals surface area contributed by atoms with E-state index in [1.165, 1.54) is 12.1 Å². The van der Waals surface area contributed by atoms with Crippen molar-refractivity contribution in [2.24, 2.45) is 0 Å². The Labute approximate surface area is 173 Å². The molecule has 0 saturated heterocycles. The van der Waals surface area contributed by atoms with Gasteiger partial charge in [-0.1, -0.05) is 18.2 Å². The quantitative estimate of drug-likeness (QED) is 0.368. The standard InChI is InChI=1S/C24H22O6/c1-24(2)21(29-23(26)10-8-15-6-4-5-7-18(15)27-3)13-17-12-16-9-11-22(25)28-19(16)14-20(17)30-24/h4-12,14,21H,13H2,1-3H3/t21-/m1/s1. The Morgan fingerprint density at radius 1 is 1.17 bits per heavy atom. The van der Waals surface area contributed by atoms with Crippen molar-refractivity contribution < 1.29 is 23.4 Å². The number of hydrogen-bond acceptors (Lipinski definition) is 6. The zero-order valence-corrected chi connectivity index (χ0v) is 17.0. The molecule has 4 rings (SSSR count). The fraction of sp³-hybridized carbons (Fsp3) is 0.250. The predicted octanol–water partition coefficient (Wildman–Crippen LogP) is 4.14. The van der Waals surface area contributed by atoms with Crippen molar-refractivity contribution in [2.75, 3.05) is 7.11 Å². The van der Waals surface area contributed by atoms with Crippen LogP contribution in [0.2, 0.25) is 0 Å². The average molecular weight is 406 g/mol. The van der Waals surface area contributed by atoms with E-state index in [1.54, 1.807) is 25.3 Å². The van der Waals surface area contributed by atoms with Crippen LogP contribution in [0.1, 0.15) is 25.0 Å². The van der Waals surface area contributed by atoms with Crippen LogP contribution in [0.15, 0.2) is 63.8 Å². The molecule has 2 heterocycles. The number of carbonyl (C=O) groups is 1. The van der Waals surface area contributed by atoms with E-state index >= 15 is 0 Å². The van der Waals surface area contributed by atoms with Gasteiger partial charge < -0.3 is 18.6 Å². The minimum atomic E-state index is -0.746. The van der Waals surface area contributed by atoms with Gasteiger partial charge in [-0.05, 0) is 43.7 Å². The molecule has 2 aromatic carbocycles. The third-order valence-electron chi connectivity index (χ3n) is 5.15. The van der Waals surface area contributed by atoms with Crippen molar-refractivity contribution in [3.05, 3.63) is 76.2 Å². The maximum absolute atomic E-state index is 12.5. The van der Waals surface area contributed by atoms with Crippen LogP contribution in [0.5, 0.6) is 11.5 Å². The summed E-state index contributed by atoms with van der Waals surface area (Å²) in [6.07, 6.45) is 3.07. The van der Waals surface area contributed by atoms with Gasteiger partial charge in [0.2, 0.25) is 0 Å². The van der Waals surface area contributed by atoms with Crippen LogP contribution < -0.4 is 15.1 Å². The van der Waals surface area contributed by atoms with Crippen molar-refractivity contribution in [1.29, 1.82) is 0 Å². The first-order chi connectivity index (χ1) is 14.4. The van der Waals surface area contributed by atoms with E-state index in [4.69, 9.17) is 18.6 Å². The van der Waals surface area contributed by atoms with Gasteiger partial charge in [0.25, 0.3) is 0 Å². The third kappa shape index (κ3) is 3.94. The zero-order chi connectivity index (χ0) is 21.3. The van der Waals surface area contributed by atoms with Crippen molar-refractivity contribution in [1.82, 2.24) is 0 Å². The maximum Gasteiger partial charge on any atom is 0.336 e. The van der Waals surface area contributed by atoms with Gasteiger partial charge in [-0.15, -0.1) is 0 Å². The van der Waals surface area contributed by atoms with Crippen molar-refractivity contribution >= 4 is 23.0 Å². The van der Waals surface area contributed by atoms with E-state index in [9.17, 15) is 9.59 Å². The summed E-state index contributed by atoms with van der Waals surface area (Å²) < 4.78 is 22.4. The molecule has 1 atom stereocenters. The minimum Gasteiger partial charge on any atom is -0.496 e. The Balaban J connectivity index is 1.55. The number of carbonyl (C=O) groups excluding carboxylic acids is 1. The highest BCUT2D eigenvalue weighted by Crippen LogP contribution is 2.37. The average Bonchev–Trinajstić information content (AvgIpc) is 2.71. The summed E-state index contributed by atoms with van der Waals surface area (Å²) in [6.45, 7) is 3.73. The molecule has 0 amide bonds. The van der Waals surface area contributed by atoms with Crippen LogP contribution in [0.4, 0.5) is 0 Å². The highest BCUT2D eigenvalue weighted by atomic mass is 16.6. The molecule has 0 bridgehead atoms. The lowest BCUT2D eigenvalue weighted by atomic mass is 9.90. The zero-order valence-electron chi connectivity index (χ0n) is 17.0. The summed E-state index contributed by atoms with van der Waals surface area (Å²) in [5.41, 5.74) is 0.985. The third-order valence-corrected chi connectivity index (χ3v) is 5.15. The Kier molecular flexibility index (Phi) is 5.08. The summed E-state index contributed by atoms with van der Waals surface area (Å²) in [6, 6.07) is 14.1. The maximum atomic E-state index is 12.5. The van der Waals surface area contributed by atoms with Gasteiger partial charge >= 0.3 is 11.6 Å². The topological polar surface area (TPSA) is 75.0 Å². The number of para-hydroxylation sites is 1. The van der Waals surface area contributed by atoms with Gasteiger partial charge in [-0.25, -0.2) is 9.59 Å². The monoisotopic (exact) mass is 406 g/mol. The van der Waals surface area contributed by atoms with Crippen LogP contribution in [0, 0.1) is 0 Å². The smallest absolute Gasteiger partial charge is 0.336 e. The second-order valence-corrected chi connectivity index (χ2v) is 7.66. The largest absolute Gasteiger partial charge is 0.496 e. The summed E-state index contributed by atoms with van der Waals surface area (Å²) in [4.78, 5) is 24.0. The number of methoxy groups -OCH3 is 1. The summed E-state index contributed by atoms with van der Waals surface area (Å²) >= 11 is 0. The summed E-state index contributed by atoms with van der Waals surface area (Å²) in [5.74, 6) is 0.840. The molecule has 0 radical (unpaired) electrons. The van der Waals surface area contributed by atoms with Gasteiger partial charge in [-0.3, -0.25) is 0 Å². The molecule has 1 aliphatic heterocycles. The molecular weight excluding hydrogens is 384 g/mol. The first kappa shape index (κ1) is 19.8. The Hall–Kier alpha value is -3.54. The molecule has 0 aliphatic carbocycles. The summed E-state index contributed by atoms with van der Waals surface area (Å²) in [7, 11) is 1.58. The summed E-state index contributed by atoms with van der Waals surface area (Å²) in [5, 5.41) is 0.790. The van der Waals surface area contributed by atoms with Gasteiger partial charge in [-0.2, -0.15) is 0 Å². The van der Waals surface area contributed by atoms with Crippen LogP contribution in [0.25, 0.3) is 17.0 Å². The molecule has 3 aromatic rings. The molecule has 1 aliphatic rings. The SMILES string of the molecule is COc1ccccc1C=CC(=O)O[C@@H]1Cc2cc3ccc(=O)oc3cc2OC1(C)C. The second-order valence-electron chi connectivity index (χ2n) is 7.66. The molecular formula is C24H22O6. The Bertz CT molecular complexity index is 1190. The molecule has 1 aromatic heterocycles. The number of esters is 1. The van der Waals surface area contributed by atoms with Crippen LogP contribution in [0.3, 0.4) is 0 Å². The second kappa shape index (κ2) is 7.71. The van der Waals surface area contributed by atoms with E-state index in [0.717, 1.165) is 16.5 Å². The number of hydrogen-bond donors (Lipinski definition) is 0. The lowest BCUT2D eigenvalue weighted by Crippen LogP contribution is -2.48. The van der Waals surface area contributed by atoms with Gasteiger partial charge in [0.05, 0.1) is 7.11 Å². The van der Waals surface area contributed by atoms with E-state index in [1.807, 2.05) is 44.2 Å². The fourth-order valence-electron chi connectivity index (χ4n) is 3.52. The highest BCUT2D eigenvalue weighted by molar-refractivity contribution is 5.88. The number of benzene rings is 2. The minimum absolute atomic E-state index is 0.411. The van der Waals surface area contributed by atoms with Crippen LogP contribution >= 0.6 is 0 Å². The van der Waals surface area contributed by atoms with Gasteiger partial charge in [0, 0.05) is 35.6 Å². The van der Waals surface area contributed by atoms with Crippen molar-refractivity contribution in [2.45, 2.75) is 32.0 Å². The highest BCUT2D eigenvalue weighted by Gasteiger charge is 2.39. The van der Waals surface area contributed by atoms with Gasteiger partial charge in [0.15, 0.2) is 0 Å². The predicted molar refractivity (Wildman–Crippen MR) is 113 cm³/mol. The molecule has 30 heavy (non-hydrogen) atoms. The lowest BCUT2D eigenvalue weighted by molar-refractivity contribution is -0.155. The number of ether oxygens (including phenoxy) is 3. The van der Waals surface area contributed by atoms with Crippen molar-refractivity contribution in [3.8, 4) is 11.5 Å². The van der Waals surface area contributed by atoms with Crippen molar-refractivity contribution in [3.63, 3.8) is 0 Å². The fourth-order valence-corrected chi connectivity index (χ4v) is 3.52. The molecule has 6 heteroatoms. The molecule has 0 fully saturated rings. The van der Waals surface area contributed by atoms with Gasteiger partial charge in [0.1, 0.15) is 28.8 Å². The van der Waals surface area contributed by atoms with E-state index in [0.29, 0.717) is 23.5 Å². The molecule has 0 unspecified atom stereocenters. The first-order valence-corrected chi connectivity index (χ1v) is 9.63. The lowest BCUT2D eigenvalue weighted by Gasteiger charge is -2.39. The molecule has 6 nitrogen and oxygen atoms in total. The van der Waals surface area contributed by atoms with E-state index in [-0.39, 0.29) is 0 Å². The van der Waals surface area contributed by atoms with E-state index in [2.05, 4.69) is 0 Å². The molecule has 154 valence electrons. The molecule has 0 saturated carbocycles. The van der Waals surface area contributed by atoms with Crippen LogP contribution in [-0.4, -0.2) is 24.8 Å². The van der Waals surface area contributed by atoms with E-state index < -0.39 is 23.3 Å². The number of rotatable bonds is 4. The molecule has 0 spiro atoms. The number of fused-ring (bicyclic) bond motifs is 2. The molecule has 0 N–H and O–H groups in total.